The van der Waals surface area contributed by atoms with Crippen molar-refractivity contribution in [3.63, 3.8) is 0 Å². The minimum atomic E-state index is -0.113. The number of ketones is 1. The lowest BCUT2D eigenvalue weighted by atomic mass is 9.71. The Labute approximate surface area is 104 Å². The number of rotatable bonds is 4. The van der Waals surface area contributed by atoms with Gasteiger partial charge in [-0.1, -0.05) is 20.8 Å². The first kappa shape index (κ1) is 14.2. The summed E-state index contributed by atoms with van der Waals surface area (Å²) < 4.78 is 5.13. The Kier molecular flexibility index (Phi) is 5.16. The van der Waals surface area contributed by atoms with Gasteiger partial charge in [0.2, 0.25) is 0 Å². The molecule has 1 saturated carbocycles. The molecule has 3 unspecified atom stereocenters. The normalized spacial score (nSPS) is 29.5. The standard InChI is InChI=1S/C14H24O3/c1-5-17-14(16)12-7-10(4)13(15)8-11(12)6-9(2)3/h9-12H,5-8H2,1-4H3. The van der Waals surface area contributed by atoms with Crippen LogP contribution in [0.25, 0.3) is 0 Å². The summed E-state index contributed by atoms with van der Waals surface area (Å²) >= 11 is 0. The summed E-state index contributed by atoms with van der Waals surface area (Å²) in [5.41, 5.74) is 0. The SMILES string of the molecule is CCOC(=O)C1CC(C)C(=O)CC1CC(C)C. The van der Waals surface area contributed by atoms with Gasteiger partial charge in [-0.25, -0.2) is 0 Å². The number of carbonyl (C=O) groups is 2. The van der Waals surface area contributed by atoms with Crippen LogP contribution in [0.4, 0.5) is 0 Å². The van der Waals surface area contributed by atoms with Crippen molar-refractivity contribution < 1.29 is 14.3 Å². The van der Waals surface area contributed by atoms with Crippen LogP contribution in [0, 0.1) is 23.7 Å². The molecular formula is C14H24O3. The topological polar surface area (TPSA) is 43.4 Å². The van der Waals surface area contributed by atoms with E-state index in [0.29, 0.717) is 31.1 Å². The van der Waals surface area contributed by atoms with Crippen molar-refractivity contribution in [3.8, 4) is 0 Å². The molecule has 0 aromatic rings. The summed E-state index contributed by atoms with van der Waals surface area (Å²) in [5, 5.41) is 0. The molecule has 0 N–H and O–H groups in total. The lowest BCUT2D eigenvalue weighted by molar-refractivity contribution is -0.153. The van der Waals surface area contributed by atoms with E-state index in [1.165, 1.54) is 0 Å². The van der Waals surface area contributed by atoms with E-state index in [4.69, 9.17) is 4.74 Å². The Hall–Kier alpha value is -0.860. The Bertz CT molecular complexity index is 283. The lowest BCUT2D eigenvalue weighted by Crippen LogP contribution is -2.37. The third kappa shape index (κ3) is 3.83. The smallest absolute Gasteiger partial charge is 0.309 e. The fraction of sp³-hybridized carbons (Fsp3) is 0.857. The second-order valence-corrected chi connectivity index (χ2v) is 5.56. The maximum atomic E-state index is 11.9. The number of hydrogen-bond acceptors (Lipinski definition) is 3. The van der Waals surface area contributed by atoms with Crippen molar-refractivity contribution in [2.24, 2.45) is 23.7 Å². The fourth-order valence-electron chi connectivity index (χ4n) is 2.70. The van der Waals surface area contributed by atoms with E-state index >= 15 is 0 Å². The summed E-state index contributed by atoms with van der Waals surface area (Å²) in [4.78, 5) is 23.7. The van der Waals surface area contributed by atoms with E-state index in [1.54, 1.807) is 0 Å². The van der Waals surface area contributed by atoms with Crippen LogP contribution in [0.3, 0.4) is 0 Å². The molecule has 1 rings (SSSR count). The Morgan fingerprint density at radius 2 is 2.12 bits per heavy atom. The van der Waals surface area contributed by atoms with Gasteiger partial charge in [-0.3, -0.25) is 9.59 Å². The molecule has 3 nitrogen and oxygen atoms in total. The molecule has 0 aromatic carbocycles. The predicted molar refractivity (Wildman–Crippen MR) is 66.5 cm³/mol. The maximum absolute atomic E-state index is 11.9. The highest BCUT2D eigenvalue weighted by Gasteiger charge is 2.38. The van der Waals surface area contributed by atoms with Gasteiger partial charge in [-0.15, -0.1) is 0 Å². The van der Waals surface area contributed by atoms with Gasteiger partial charge in [0, 0.05) is 12.3 Å². The summed E-state index contributed by atoms with van der Waals surface area (Å²) in [6.45, 7) is 8.43. The average Bonchev–Trinajstić information content (AvgIpc) is 2.22. The average molecular weight is 240 g/mol. The minimum Gasteiger partial charge on any atom is -0.466 e. The molecule has 1 aliphatic carbocycles. The molecule has 0 amide bonds. The summed E-state index contributed by atoms with van der Waals surface area (Å²) in [7, 11) is 0. The zero-order valence-electron chi connectivity index (χ0n) is 11.4. The van der Waals surface area contributed by atoms with E-state index in [0.717, 1.165) is 6.42 Å². The summed E-state index contributed by atoms with van der Waals surface area (Å²) in [6.07, 6.45) is 2.14. The van der Waals surface area contributed by atoms with Gasteiger partial charge in [-0.2, -0.15) is 0 Å². The fourth-order valence-corrected chi connectivity index (χ4v) is 2.70. The molecule has 1 aliphatic rings. The van der Waals surface area contributed by atoms with Crippen LogP contribution in [0.5, 0.6) is 0 Å². The first-order valence-electron chi connectivity index (χ1n) is 6.65. The first-order chi connectivity index (χ1) is 7.95. The molecule has 0 aliphatic heterocycles. The molecule has 17 heavy (non-hydrogen) atoms. The maximum Gasteiger partial charge on any atom is 0.309 e. The van der Waals surface area contributed by atoms with Crippen LogP contribution in [0.15, 0.2) is 0 Å². The molecular weight excluding hydrogens is 216 g/mol. The monoisotopic (exact) mass is 240 g/mol. The van der Waals surface area contributed by atoms with Gasteiger partial charge in [0.15, 0.2) is 0 Å². The molecule has 0 radical (unpaired) electrons. The number of carbonyl (C=O) groups excluding carboxylic acids is 2. The second kappa shape index (κ2) is 6.18. The van der Waals surface area contributed by atoms with Gasteiger partial charge in [0.1, 0.15) is 5.78 Å². The largest absolute Gasteiger partial charge is 0.466 e. The number of Topliss-reactive ketones (excluding diaryl/α,β-unsaturated/α-hetero) is 1. The molecule has 0 spiro atoms. The van der Waals surface area contributed by atoms with E-state index < -0.39 is 0 Å². The zero-order valence-corrected chi connectivity index (χ0v) is 11.4. The molecule has 0 heterocycles. The Morgan fingerprint density at radius 1 is 1.47 bits per heavy atom. The van der Waals surface area contributed by atoms with Crippen molar-refractivity contribution in [2.75, 3.05) is 6.61 Å². The summed E-state index contributed by atoms with van der Waals surface area (Å²) in [6, 6.07) is 0. The van der Waals surface area contributed by atoms with E-state index in [2.05, 4.69) is 13.8 Å². The highest BCUT2D eigenvalue weighted by Crippen LogP contribution is 2.36. The van der Waals surface area contributed by atoms with E-state index in [1.807, 2.05) is 13.8 Å². The highest BCUT2D eigenvalue weighted by molar-refractivity contribution is 5.84. The quantitative estimate of drug-likeness (QED) is 0.710. The van der Waals surface area contributed by atoms with Crippen LogP contribution < -0.4 is 0 Å². The first-order valence-corrected chi connectivity index (χ1v) is 6.65. The van der Waals surface area contributed by atoms with Crippen LogP contribution in [0.2, 0.25) is 0 Å². The predicted octanol–water partition coefficient (Wildman–Crippen LogP) is 2.83. The van der Waals surface area contributed by atoms with Gasteiger partial charge >= 0.3 is 5.97 Å². The van der Waals surface area contributed by atoms with Crippen LogP contribution in [-0.4, -0.2) is 18.4 Å². The van der Waals surface area contributed by atoms with Crippen LogP contribution >= 0.6 is 0 Å². The minimum absolute atomic E-state index is 0.00724. The third-order valence-corrected chi connectivity index (χ3v) is 3.55. The molecule has 0 saturated heterocycles. The van der Waals surface area contributed by atoms with Crippen LogP contribution in [0.1, 0.15) is 47.0 Å². The molecule has 0 bridgehead atoms. The van der Waals surface area contributed by atoms with Gasteiger partial charge in [0.05, 0.1) is 12.5 Å². The zero-order chi connectivity index (χ0) is 13.0. The van der Waals surface area contributed by atoms with Crippen molar-refractivity contribution in [1.29, 1.82) is 0 Å². The van der Waals surface area contributed by atoms with Crippen molar-refractivity contribution in [3.05, 3.63) is 0 Å². The van der Waals surface area contributed by atoms with Gasteiger partial charge < -0.3 is 4.74 Å². The van der Waals surface area contributed by atoms with E-state index in [-0.39, 0.29) is 23.7 Å². The van der Waals surface area contributed by atoms with Gasteiger partial charge in [-0.05, 0) is 31.6 Å². The van der Waals surface area contributed by atoms with Crippen molar-refractivity contribution in [1.82, 2.24) is 0 Å². The molecule has 3 atom stereocenters. The molecule has 0 aromatic heterocycles. The van der Waals surface area contributed by atoms with Crippen LogP contribution in [-0.2, 0) is 14.3 Å². The third-order valence-electron chi connectivity index (χ3n) is 3.55. The van der Waals surface area contributed by atoms with Crippen molar-refractivity contribution in [2.45, 2.75) is 47.0 Å². The molecule has 3 heteroatoms. The Morgan fingerprint density at radius 3 is 2.65 bits per heavy atom. The lowest BCUT2D eigenvalue weighted by Gasteiger charge is -2.33. The van der Waals surface area contributed by atoms with E-state index in [9.17, 15) is 9.59 Å². The number of hydrogen-bond donors (Lipinski definition) is 0. The number of ether oxygens (including phenoxy) is 1. The molecule has 98 valence electrons. The second-order valence-electron chi connectivity index (χ2n) is 5.56. The van der Waals surface area contributed by atoms with Crippen molar-refractivity contribution >= 4 is 11.8 Å². The summed E-state index contributed by atoms with van der Waals surface area (Å²) in [5.74, 6) is 0.808. The van der Waals surface area contributed by atoms with Gasteiger partial charge in [0.25, 0.3) is 0 Å². The Balaban J connectivity index is 2.73. The highest BCUT2D eigenvalue weighted by atomic mass is 16.5. The number of esters is 1. The molecule has 1 fully saturated rings.